The minimum Gasteiger partial charge on any atom is -0.494 e. The molecule has 2 rings (SSSR count). The predicted molar refractivity (Wildman–Crippen MR) is 101 cm³/mol. The van der Waals surface area contributed by atoms with E-state index in [1.165, 1.54) is 5.56 Å². The molecule has 0 heterocycles. The number of carbonyl (C=O) groups is 2. The van der Waals surface area contributed by atoms with Gasteiger partial charge in [0, 0.05) is 12.1 Å². The van der Waals surface area contributed by atoms with Gasteiger partial charge < -0.3 is 14.8 Å². The Bertz CT molecular complexity index is 698. The summed E-state index contributed by atoms with van der Waals surface area (Å²) in [6.07, 6.45) is 0.829. The normalized spacial score (nSPS) is 11.5. The molecule has 1 atom stereocenters. The molecule has 0 spiro atoms. The molecule has 2 aromatic carbocycles. The Balaban J connectivity index is 1.67. The fourth-order valence-electron chi connectivity index (χ4n) is 2.30. The number of ether oxygens (including phenoxy) is 2. The van der Waals surface area contributed by atoms with E-state index in [4.69, 9.17) is 9.47 Å². The molecule has 0 radical (unpaired) electrons. The lowest BCUT2D eigenvalue weighted by molar-refractivity contribution is -0.153. The second-order valence-electron chi connectivity index (χ2n) is 5.94. The second kappa shape index (κ2) is 10.2. The number of anilines is 1. The number of esters is 1. The van der Waals surface area contributed by atoms with E-state index in [0.29, 0.717) is 18.7 Å². The molecule has 0 saturated heterocycles. The van der Waals surface area contributed by atoms with Crippen LogP contribution in [0.4, 0.5) is 5.69 Å². The lowest BCUT2D eigenvalue weighted by Gasteiger charge is -2.14. The molecule has 0 aromatic heterocycles. The highest BCUT2D eigenvalue weighted by Crippen LogP contribution is 2.12. The van der Waals surface area contributed by atoms with Crippen LogP contribution < -0.4 is 10.1 Å². The van der Waals surface area contributed by atoms with Gasteiger partial charge in [-0.05, 0) is 49.6 Å². The summed E-state index contributed by atoms with van der Waals surface area (Å²) in [7, 11) is 0. The van der Waals surface area contributed by atoms with Crippen molar-refractivity contribution < 1.29 is 19.1 Å². The Morgan fingerprint density at radius 1 is 1.04 bits per heavy atom. The number of benzene rings is 2. The van der Waals surface area contributed by atoms with Gasteiger partial charge in [-0.2, -0.15) is 0 Å². The van der Waals surface area contributed by atoms with Crippen LogP contribution in [-0.2, 0) is 20.7 Å². The lowest BCUT2D eigenvalue weighted by atomic mass is 10.1. The average molecular weight is 355 g/mol. The van der Waals surface area contributed by atoms with E-state index < -0.39 is 12.1 Å². The van der Waals surface area contributed by atoms with Crippen molar-refractivity contribution in [1.29, 1.82) is 0 Å². The third-order valence-electron chi connectivity index (χ3n) is 3.84. The van der Waals surface area contributed by atoms with Gasteiger partial charge in [-0.3, -0.25) is 9.59 Å². The van der Waals surface area contributed by atoms with Gasteiger partial charge in [-0.15, -0.1) is 0 Å². The zero-order valence-electron chi connectivity index (χ0n) is 15.2. The molecule has 0 aliphatic rings. The van der Waals surface area contributed by atoms with Crippen molar-refractivity contribution in [3.8, 4) is 5.75 Å². The smallest absolute Gasteiger partial charge is 0.306 e. The van der Waals surface area contributed by atoms with Crippen LogP contribution in [0.5, 0.6) is 5.75 Å². The van der Waals surface area contributed by atoms with E-state index in [-0.39, 0.29) is 12.3 Å². The minimum absolute atomic E-state index is 0.204. The molecule has 5 nitrogen and oxygen atoms in total. The number of aryl methyl sites for hydroxylation is 1. The highest BCUT2D eigenvalue weighted by atomic mass is 16.5. The zero-order chi connectivity index (χ0) is 18.8. The number of hydrogen-bond donors (Lipinski definition) is 1. The fraction of sp³-hybridized carbons (Fsp3) is 0.333. The molecule has 0 aliphatic heterocycles. The molecule has 0 fully saturated rings. The Morgan fingerprint density at radius 3 is 2.38 bits per heavy atom. The first-order valence-electron chi connectivity index (χ1n) is 8.85. The zero-order valence-corrected chi connectivity index (χ0v) is 15.2. The van der Waals surface area contributed by atoms with Crippen LogP contribution in [0, 0.1) is 0 Å². The average Bonchev–Trinajstić information content (AvgIpc) is 2.66. The summed E-state index contributed by atoms with van der Waals surface area (Å²) >= 11 is 0. The molecule has 0 bridgehead atoms. The summed E-state index contributed by atoms with van der Waals surface area (Å²) in [5.74, 6) is 0.0106. The molecule has 1 amide bonds. The number of hydrogen-bond acceptors (Lipinski definition) is 4. The Kier molecular flexibility index (Phi) is 7.68. The highest BCUT2D eigenvalue weighted by molar-refractivity contribution is 5.95. The summed E-state index contributed by atoms with van der Waals surface area (Å²) in [5, 5.41) is 2.75. The van der Waals surface area contributed by atoms with Gasteiger partial charge in [0.1, 0.15) is 5.75 Å². The van der Waals surface area contributed by atoms with Crippen molar-refractivity contribution in [3.05, 3.63) is 60.2 Å². The van der Waals surface area contributed by atoms with Crippen LogP contribution in [0.15, 0.2) is 54.6 Å². The van der Waals surface area contributed by atoms with Crippen molar-refractivity contribution in [3.63, 3.8) is 0 Å². The summed E-state index contributed by atoms with van der Waals surface area (Å²) in [6, 6.07) is 17.0. The van der Waals surface area contributed by atoms with Crippen LogP contribution in [0.25, 0.3) is 0 Å². The van der Waals surface area contributed by atoms with E-state index in [9.17, 15) is 9.59 Å². The summed E-state index contributed by atoms with van der Waals surface area (Å²) in [6.45, 7) is 4.05. The summed E-state index contributed by atoms with van der Waals surface area (Å²) in [4.78, 5) is 24.0. The quantitative estimate of drug-likeness (QED) is 0.546. The fourth-order valence-corrected chi connectivity index (χ4v) is 2.30. The van der Waals surface area contributed by atoms with Crippen LogP contribution >= 0.6 is 0 Å². The van der Waals surface area contributed by atoms with Crippen molar-refractivity contribution in [2.45, 2.75) is 39.2 Å². The summed E-state index contributed by atoms with van der Waals surface area (Å²) < 4.78 is 10.7. The number of nitrogens with one attached hydrogen (secondary N) is 1. The first-order valence-corrected chi connectivity index (χ1v) is 8.85. The highest BCUT2D eigenvalue weighted by Gasteiger charge is 2.17. The number of para-hydroxylation sites is 1. The SMILES string of the molecule is CCc1ccc(NC(=O)C(C)OC(=O)CCCOc2ccccc2)cc1. The molecular formula is C21H25NO4. The third-order valence-corrected chi connectivity index (χ3v) is 3.84. The molecule has 1 unspecified atom stereocenters. The molecule has 138 valence electrons. The first-order chi connectivity index (χ1) is 12.6. The predicted octanol–water partition coefficient (Wildman–Crippen LogP) is 3.98. The standard InChI is InChI=1S/C21H25NO4/c1-3-17-11-13-18(14-12-17)22-21(24)16(2)26-20(23)10-7-15-25-19-8-5-4-6-9-19/h4-6,8-9,11-14,16H,3,7,10,15H2,1-2H3,(H,22,24). The Labute approximate surface area is 154 Å². The maximum Gasteiger partial charge on any atom is 0.306 e. The van der Waals surface area contributed by atoms with Gasteiger partial charge >= 0.3 is 5.97 Å². The van der Waals surface area contributed by atoms with Crippen LogP contribution in [0.2, 0.25) is 0 Å². The largest absolute Gasteiger partial charge is 0.494 e. The molecule has 0 aliphatic carbocycles. The van der Waals surface area contributed by atoms with E-state index in [2.05, 4.69) is 12.2 Å². The van der Waals surface area contributed by atoms with Crippen molar-refractivity contribution in [2.75, 3.05) is 11.9 Å². The van der Waals surface area contributed by atoms with E-state index >= 15 is 0 Å². The molecule has 2 aromatic rings. The van der Waals surface area contributed by atoms with Crippen LogP contribution in [-0.4, -0.2) is 24.6 Å². The van der Waals surface area contributed by atoms with E-state index in [0.717, 1.165) is 12.2 Å². The number of amides is 1. The minimum atomic E-state index is -0.844. The van der Waals surface area contributed by atoms with Gasteiger partial charge in [0.15, 0.2) is 6.10 Å². The number of carbonyl (C=O) groups excluding carboxylic acids is 2. The maximum atomic E-state index is 12.1. The molecule has 5 heteroatoms. The summed E-state index contributed by atoms with van der Waals surface area (Å²) in [5.41, 5.74) is 1.88. The van der Waals surface area contributed by atoms with Gasteiger partial charge in [0.25, 0.3) is 5.91 Å². The first kappa shape index (κ1) is 19.5. The molecule has 1 N–H and O–H groups in total. The van der Waals surface area contributed by atoms with Gasteiger partial charge in [0.2, 0.25) is 0 Å². The van der Waals surface area contributed by atoms with Crippen LogP contribution in [0.1, 0.15) is 32.3 Å². The molecule has 26 heavy (non-hydrogen) atoms. The monoisotopic (exact) mass is 355 g/mol. The maximum absolute atomic E-state index is 12.1. The third kappa shape index (κ3) is 6.59. The number of rotatable bonds is 9. The Hall–Kier alpha value is -2.82. The van der Waals surface area contributed by atoms with Crippen molar-refractivity contribution in [2.24, 2.45) is 0 Å². The van der Waals surface area contributed by atoms with E-state index in [1.807, 2.05) is 54.6 Å². The van der Waals surface area contributed by atoms with Crippen molar-refractivity contribution >= 4 is 17.6 Å². The molecule has 0 saturated carbocycles. The van der Waals surface area contributed by atoms with Crippen LogP contribution in [0.3, 0.4) is 0 Å². The van der Waals surface area contributed by atoms with Gasteiger partial charge in [0.05, 0.1) is 6.61 Å². The topological polar surface area (TPSA) is 64.6 Å². The Morgan fingerprint density at radius 2 is 1.73 bits per heavy atom. The van der Waals surface area contributed by atoms with Crippen molar-refractivity contribution in [1.82, 2.24) is 0 Å². The van der Waals surface area contributed by atoms with Gasteiger partial charge in [-0.1, -0.05) is 37.3 Å². The molecular weight excluding hydrogens is 330 g/mol. The second-order valence-corrected chi connectivity index (χ2v) is 5.94. The van der Waals surface area contributed by atoms with E-state index in [1.54, 1.807) is 6.92 Å². The van der Waals surface area contributed by atoms with Gasteiger partial charge in [-0.25, -0.2) is 0 Å². The lowest BCUT2D eigenvalue weighted by Crippen LogP contribution is -2.30.